The van der Waals surface area contributed by atoms with E-state index in [-0.39, 0.29) is 5.41 Å². The van der Waals surface area contributed by atoms with Gasteiger partial charge in [-0.3, -0.25) is 0 Å². The normalized spacial score (nSPS) is 10.9. The zero-order valence-corrected chi connectivity index (χ0v) is 30.6. The highest BCUT2D eigenvalue weighted by Gasteiger charge is 2.29. The molecular formula is C37H72N12. The summed E-state index contributed by atoms with van der Waals surface area (Å²) < 4.78 is 0. The monoisotopic (exact) mass is 685 g/mol. The number of hydrogen-bond donors (Lipinski definition) is 12. The Balaban J connectivity index is 5.05. The maximum atomic E-state index is 3.90. The number of rotatable bonds is 40. The number of allylic oxidation sites excluding steroid dienone is 4. The van der Waals surface area contributed by atoms with Crippen molar-refractivity contribution in [2.45, 2.75) is 0 Å². The van der Waals surface area contributed by atoms with E-state index in [0.717, 1.165) is 154 Å². The first-order chi connectivity index (χ1) is 23.8. The van der Waals surface area contributed by atoms with Crippen molar-refractivity contribution in [3.63, 3.8) is 0 Å². The summed E-state index contributed by atoms with van der Waals surface area (Å²) in [6.45, 7) is 47.8. The Kier molecular flexibility index (Phi) is 31.1. The molecule has 0 amide bonds. The van der Waals surface area contributed by atoms with Crippen LogP contribution in [0, 0.1) is 5.41 Å². The second-order valence-electron chi connectivity index (χ2n) is 11.8. The second kappa shape index (κ2) is 33.3. The van der Waals surface area contributed by atoms with Gasteiger partial charge in [-0.1, -0.05) is 52.6 Å². The molecule has 0 spiro atoms. The van der Waals surface area contributed by atoms with Gasteiger partial charge in [0.25, 0.3) is 0 Å². The standard InChI is InChI=1S/C37H72N12/c1-9-33(5)46-25-21-38-13-17-42-29-37(30-43-18-14-39-22-26-47-34(6)10-2,31-44-19-15-40-23-27-48-35(7)11-3)32-45-20-16-41-24-28-49-36(8)12-4/h9-12,38-49H,1-8,13-32H2. The molecule has 0 bridgehead atoms. The quantitative estimate of drug-likeness (QED) is 0.0308. The van der Waals surface area contributed by atoms with Gasteiger partial charge in [-0.05, 0) is 24.3 Å². The minimum atomic E-state index is -0.0426. The Morgan fingerprint density at radius 2 is 0.490 bits per heavy atom. The molecule has 49 heavy (non-hydrogen) atoms. The zero-order chi connectivity index (χ0) is 36.3. The fourth-order valence-electron chi connectivity index (χ4n) is 4.53. The fourth-order valence-corrected chi connectivity index (χ4v) is 4.53. The molecule has 0 aromatic rings. The molecule has 0 saturated carbocycles. The lowest BCUT2D eigenvalue weighted by Crippen LogP contribution is -2.56. The van der Waals surface area contributed by atoms with E-state index in [9.17, 15) is 0 Å². The first-order valence-electron chi connectivity index (χ1n) is 17.7. The van der Waals surface area contributed by atoms with Crippen LogP contribution in [0.5, 0.6) is 0 Å². The molecule has 12 N–H and O–H groups in total. The molecule has 280 valence electrons. The van der Waals surface area contributed by atoms with Gasteiger partial charge >= 0.3 is 0 Å². The third kappa shape index (κ3) is 29.4. The molecule has 0 aliphatic heterocycles. The molecule has 0 heterocycles. The molecule has 0 saturated heterocycles. The highest BCUT2D eigenvalue weighted by atomic mass is 15.1. The van der Waals surface area contributed by atoms with Crippen molar-refractivity contribution < 1.29 is 0 Å². The Morgan fingerprint density at radius 1 is 0.306 bits per heavy atom. The van der Waals surface area contributed by atoms with Gasteiger partial charge in [-0.2, -0.15) is 0 Å². The van der Waals surface area contributed by atoms with E-state index in [0.29, 0.717) is 0 Å². The van der Waals surface area contributed by atoms with Crippen LogP contribution < -0.4 is 63.8 Å². The Bertz CT molecular complexity index is 783. The predicted molar refractivity (Wildman–Crippen MR) is 215 cm³/mol. The van der Waals surface area contributed by atoms with Crippen LogP contribution in [0.25, 0.3) is 0 Å². The first kappa shape index (κ1) is 45.8. The maximum absolute atomic E-state index is 3.90. The van der Waals surface area contributed by atoms with Crippen molar-refractivity contribution in [3.8, 4) is 0 Å². The van der Waals surface area contributed by atoms with Crippen LogP contribution in [-0.2, 0) is 0 Å². The van der Waals surface area contributed by atoms with Crippen LogP contribution >= 0.6 is 0 Å². The Hall–Kier alpha value is -3.20. The van der Waals surface area contributed by atoms with E-state index >= 15 is 0 Å². The molecule has 12 nitrogen and oxygen atoms in total. The van der Waals surface area contributed by atoms with Crippen LogP contribution in [0.1, 0.15) is 0 Å². The van der Waals surface area contributed by atoms with Crippen LogP contribution in [-0.4, -0.2) is 131 Å². The third-order valence-corrected chi connectivity index (χ3v) is 7.52. The van der Waals surface area contributed by atoms with Gasteiger partial charge in [0.2, 0.25) is 0 Å². The topological polar surface area (TPSA) is 144 Å². The van der Waals surface area contributed by atoms with Gasteiger partial charge in [0.15, 0.2) is 0 Å². The molecule has 0 unspecified atom stereocenters. The van der Waals surface area contributed by atoms with Gasteiger partial charge in [0.05, 0.1) is 0 Å². The summed E-state index contributed by atoms with van der Waals surface area (Å²) in [7, 11) is 0. The summed E-state index contributed by atoms with van der Waals surface area (Å²) in [5, 5.41) is 41.8. The molecule has 0 rings (SSSR count). The molecule has 0 aliphatic carbocycles. The van der Waals surface area contributed by atoms with Crippen molar-refractivity contribution in [1.29, 1.82) is 0 Å². The lowest BCUT2D eigenvalue weighted by atomic mass is 9.87. The van der Waals surface area contributed by atoms with Crippen LogP contribution in [0.2, 0.25) is 0 Å². The number of hydrogen-bond acceptors (Lipinski definition) is 12. The van der Waals surface area contributed by atoms with E-state index in [2.05, 4.69) is 116 Å². The summed E-state index contributed by atoms with van der Waals surface area (Å²) in [4.78, 5) is 0. The summed E-state index contributed by atoms with van der Waals surface area (Å²) in [6, 6.07) is 0. The highest BCUT2D eigenvalue weighted by molar-refractivity contribution is 5.09. The fraction of sp³-hybridized carbons (Fsp3) is 0.568. The van der Waals surface area contributed by atoms with E-state index in [1.54, 1.807) is 24.3 Å². The SMILES string of the molecule is C=CC(=C)NCCNCCNCC(CNCCNCCNC(=C)C=C)(CNCCNCCNC(=C)C=C)CNCCNCCNC(=C)C=C. The molecule has 0 radical (unpaired) electrons. The van der Waals surface area contributed by atoms with E-state index < -0.39 is 0 Å². The van der Waals surface area contributed by atoms with E-state index in [1.165, 1.54) is 0 Å². The molecule has 0 atom stereocenters. The number of nitrogens with one attached hydrogen (secondary N) is 12. The average Bonchev–Trinajstić information content (AvgIpc) is 3.11. The lowest BCUT2D eigenvalue weighted by Gasteiger charge is -2.35. The van der Waals surface area contributed by atoms with Gasteiger partial charge < -0.3 is 63.8 Å². The summed E-state index contributed by atoms with van der Waals surface area (Å²) in [5.74, 6) is 0. The Labute approximate surface area is 299 Å². The van der Waals surface area contributed by atoms with Crippen molar-refractivity contribution >= 4 is 0 Å². The van der Waals surface area contributed by atoms with Crippen molar-refractivity contribution in [2.24, 2.45) is 5.41 Å². The largest absolute Gasteiger partial charge is 0.384 e. The highest BCUT2D eigenvalue weighted by Crippen LogP contribution is 2.13. The van der Waals surface area contributed by atoms with Crippen molar-refractivity contribution in [1.82, 2.24) is 63.8 Å². The average molecular weight is 685 g/mol. The van der Waals surface area contributed by atoms with Crippen molar-refractivity contribution in [3.05, 3.63) is 99.7 Å². The minimum absolute atomic E-state index is 0.0426. The first-order valence-corrected chi connectivity index (χ1v) is 17.7. The van der Waals surface area contributed by atoms with Crippen molar-refractivity contribution in [2.75, 3.05) is 131 Å². The van der Waals surface area contributed by atoms with Crippen LogP contribution in [0.3, 0.4) is 0 Å². The Morgan fingerprint density at radius 3 is 0.694 bits per heavy atom. The molecule has 0 aliphatic rings. The van der Waals surface area contributed by atoms with E-state index in [4.69, 9.17) is 0 Å². The van der Waals surface area contributed by atoms with Gasteiger partial charge in [0.1, 0.15) is 0 Å². The third-order valence-electron chi connectivity index (χ3n) is 7.52. The molecule has 0 fully saturated rings. The summed E-state index contributed by atoms with van der Waals surface area (Å²) >= 11 is 0. The zero-order valence-electron chi connectivity index (χ0n) is 30.6. The molecule has 0 aromatic heterocycles. The van der Waals surface area contributed by atoms with Gasteiger partial charge in [-0.25, -0.2) is 0 Å². The van der Waals surface area contributed by atoms with E-state index in [1.807, 2.05) is 0 Å². The maximum Gasteiger partial charge on any atom is 0.0272 e. The lowest BCUT2D eigenvalue weighted by molar-refractivity contribution is 0.236. The smallest absolute Gasteiger partial charge is 0.0272 e. The molecule has 0 aromatic carbocycles. The molecule has 12 heteroatoms. The van der Waals surface area contributed by atoms with Gasteiger partial charge in [-0.15, -0.1) is 0 Å². The summed E-state index contributed by atoms with van der Waals surface area (Å²) in [5.41, 5.74) is 3.34. The van der Waals surface area contributed by atoms with Crippen LogP contribution in [0.15, 0.2) is 99.7 Å². The van der Waals surface area contributed by atoms with Crippen LogP contribution in [0.4, 0.5) is 0 Å². The van der Waals surface area contributed by atoms with Gasteiger partial charge in [0, 0.05) is 159 Å². The predicted octanol–water partition coefficient (Wildman–Crippen LogP) is -0.153. The molecular weight excluding hydrogens is 612 g/mol. The summed E-state index contributed by atoms with van der Waals surface area (Å²) in [6.07, 6.45) is 6.93. The minimum Gasteiger partial charge on any atom is -0.384 e. The second-order valence-corrected chi connectivity index (χ2v) is 11.8.